The highest BCUT2D eigenvalue weighted by Gasteiger charge is 2.40. The molecule has 0 radical (unpaired) electrons. The van der Waals surface area contributed by atoms with Crippen molar-refractivity contribution in [3.05, 3.63) is 0 Å². The van der Waals surface area contributed by atoms with E-state index >= 15 is 0 Å². The third kappa shape index (κ3) is 2.45. The van der Waals surface area contributed by atoms with Crippen LogP contribution in [0.1, 0.15) is 20.3 Å². The molecule has 0 aromatic heterocycles. The summed E-state index contributed by atoms with van der Waals surface area (Å²) in [6.45, 7) is 2.91. The van der Waals surface area contributed by atoms with Gasteiger partial charge in [-0.3, -0.25) is 9.59 Å². The van der Waals surface area contributed by atoms with Gasteiger partial charge in [0.15, 0.2) is 0 Å². The maximum absolute atomic E-state index is 11.9. The van der Waals surface area contributed by atoms with Crippen LogP contribution in [0, 0.1) is 5.41 Å². The highest BCUT2D eigenvalue weighted by molar-refractivity contribution is 7.99. The molecule has 1 N–H and O–H groups in total. The summed E-state index contributed by atoms with van der Waals surface area (Å²) in [6, 6.07) is 0.195. The van der Waals surface area contributed by atoms with E-state index in [0.717, 1.165) is 17.9 Å². The summed E-state index contributed by atoms with van der Waals surface area (Å²) in [5.74, 6) is 0.598. The highest BCUT2D eigenvalue weighted by atomic mass is 32.2. The minimum atomic E-state index is -1.32. The van der Waals surface area contributed by atoms with Crippen LogP contribution in [0.2, 0.25) is 0 Å². The van der Waals surface area contributed by atoms with E-state index in [4.69, 9.17) is 5.11 Å². The Morgan fingerprint density at radius 3 is 2.47 bits per heavy atom. The molecule has 1 amide bonds. The predicted octanol–water partition coefficient (Wildman–Crippen LogP) is 1.06. The van der Waals surface area contributed by atoms with Gasteiger partial charge in [-0.2, -0.15) is 11.8 Å². The van der Waals surface area contributed by atoms with E-state index in [2.05, 4.69) is 0 Å². The quantitative estimate of drug-likeness (QED) is 0.738. The standard InChI is InChI=1S/C10H17NO3S/c1-10(2,9(13)14)8(12)11(3)7-4-5-15-6-7/h7H,4-6H2,1-3H3,(H,13,14). The van der Waals surface area contributed by atoms with Crippen molar-refractivity contribution >= 4 is 23.6 Å². The summed E-state index contributed by atoms with van der Waals surface area (Å²) in [5, 5.41) is 8.95. The summed E-state index contributed by atoms with van der Waals surface area (Å²) in [6.07, 6.45) is 0.961. The highest BCUT2D eigenvalue weighted by Crippen LogP contribution is 2.26. The number of thioether (sulfide) groups is 1. The number of nitrogens with zero attached hydrogens (tertiary/aromatic N) is 1. The predicted molar refractivity (Wildman–Crippen MR) is 59.9 cm³/mol. The molecule has 0 aliphatic carbocycles. The van der Waals surface area contributed by atoms with Crippen LogP contribution in [-0.2, 0) is 9.59 Å². The van der Waals surface area contributed by atoms with Gasteiger partial charge >= 0.3 is 5.97 Å². The van der Waals surface area contributed by atoms with Gasteiger partial charge in [-0.25, -0.2) is 0 Å². The van der Waals surface area contributed by atoms with Gasteiger partial charge in [0.25, 0.3) is 0 Å². The maximum Gasteiger partial charge on any atom is 0.318 e. The van der Waals surface area contributed by atoms with Crippen LogP contribution in [-0.4, -0.2) is 46.5 Å². The van der Waals surface area contributed by atoms with E-state index in [1.165, 1.54) is 13.8 Å². The molecular formula is C10H17NO3S. The Kier molecular flexibility index (Phi) is 3.65. The second kappa shape index (κ2) is 4.43. The molecule has 1 heterocycles. The van der Waals surface area contributed by atoms with Crippen LogP contribution in [0.25, 0.3) is 0 Å². The Labute approximate surface area is 94.0 Å². The summed E-state index contributed by atoms with van der Waals surface area (Å²) < 4.78 is 0. The van der Waals surface area contributed by atoms with Gasteiger partial charge < -0.3 is 10.0 Å². The molecule has 1 saturated heterocycles. The zero-order valence-corrected chi connectivity index (χ0v) is 10.1. The number of amides is 1. The van der Waals surface area contributed by atoms with E-state index in [1.807, 2.05) is 0 Å². The number of carboxylic acid groups (broad SMARTS) is 1. The van der Waals surface area contributed by atoms with Crippen LogP contribution in [0.4, 0.5) is 0 Å². The van der Waals surface area contributed by atoms with Gasteiger partial charge in [0, 0.05) is 18.8 Å². The number of hydrogen-bond donors (Lipinski definition) is 1. The number of carboxylic acids is 1. The molecule has 15 heavy (non-hydrogen) atoms. The average Bonchev–Trinajstić information content (AvgIpc) is 2.67. The van der Waals surface area contributed by atoms with E-state index in [9.17, 15) is 9.59 Å². The van der Waals surface area contributed by atoms with Crippen molar-refractivity contribution in [3.8, 4) is 0 Å². The number of carbonyl (C=O) groups excluding carboxylic acids is 1. The van der Waals surface area contributed by atoms with Crippen LogP contribution >= 0.6 is 11.8 Å². The summed E-state index contributed by atoms with van der Waals surface area (Å²) in [7, 11) is 1.70. The lowest BCUT2D eigenvalue weighted by molar-refractivity contribution is -0.158. The van der Waals surface area contributed by atoms with Gasteiger partial charge in [-0.1, -0.05) is 0 Å². The Bertz CT molecular complexity index is 272. The SMILES string of the molecule is CN(C(=O)C(C)(C)C(=O)O)C1CCSC1. The monoisotopic (exact) mass is 231 g/mol. The van der Waals surface area contributed by atoms with Gasteiger partial charge in [-0.05, 0) is 26.0 Å². The molecule has 1 atom stereocenters. The molecule has 1 rings (SSSR count). The van der Waals surface area contributed by atoms with Crippen LogP contribution in [0.15, 0.2) is 0 Å². The van der Waals surface area contributed by atoms with Crippen molar-refractivity contribution in [2.24, 2.45) is 5.41 Å². The van der Waals surface area contributed by atoms with Gasteiger partial charge in [0.1, 0.15) is 5.41 Å². The van der Waals surface area contributed by atoms with Crippen molar-refractivity contribution in [2.75, 3.05) is 18.6 Å². The van der Waals surface area contributed by atoms with Gasteiger partial charge in [-0.15, -0.1) is 0 Å². The third-order valence-corrected chi connectivity index (χ3v) is 3.99. The maximum atomic E-state index is 11.9. The van der Waals surface area contributed by atoms with Crippen molar-refractivity contribution in [3.63, 3.8) is 0 Å². The molecule has 0 aromatic carbocycles. The second-order valence-corrected chi connectivity index (χ2v) is 5.51. The Morgan fingerprint density at radius 1 is 1.47 bits per heavy atom. The van der Waals surface area contributed by atoms with E-state index in [0.29, 0.717) is 0 Å². The molecule has 0 aromatic rings. The molecule has 1 aliphatic rings. The van der Waals surface area contributed by atoms with Crippen molar-refractivity contribution < 1.29 is 14.7 Å². The zero-order chi connectivity index (χ0) is 11.6. The molecule has 0 bridgehead atoms. The molecular weight excluding hydrogens is 214 g/mol. The fourth-order valence-corrected chi connectivity index (χ4v) is 2.79. The lowest BCUT2D eigenvalue weighted by Crippen LogP contribution is -2.47. The summed E-state index contributed by atoms with van der Waals surface area (Å²) in [4.78, 5) is 24.4. The number of carbonyl (C=O) groups is 2. The average molecular weight is 231 g/mol. The molecule has 4 nitrogen and oxygen atoms in total. The van der Waals surface area contributed by atoms with Crippen molar-refractivity contribution in [2.45, 2.75) is 26.3 Å². The topological polar surface area (TPSA) is 57.6 Å². The minimum absolute atomic E-state index is 0.195. The van der Waals surface area contributed by atoms with E-state index < -0.39 is 11.4 Å². The summed E-state index contributed by atoms with van der Waals surface area (Å²) >= 11 is 1.81. The number of rotatable bonds is 3. The largest absolute Gasteiger partial charge is 0.480 e. The van der Waals surface area contributed by atoms with E-state index in [1.54, 1.807) is 23.7 Å². The van der Waals surface area contributed by atoms with Crippen LogP contribution in [0.5, 0.6) is 0 Å². The molecule has 86 valence electrons. The molecule has 1 unspecified atom stereocenters. The lowest BCUT2D eigenvalue weighted by atomic mass is 9.91. The van der Waals surface area contributed by atoms with Gasteiger partial charge in [0.05, 0.1) is 0 Å². The first kappa shape index (κ1) is 12.4. The Morgan fingerprint density at radius 2 is 2.07 bits per heavy atom. The molecule has 0 spiro atoms. The first-order valence-electron chi connectivity index (χ1n) is 4.95. The number of aliphatic carboxylic acids is 1. The zero-order valence-electron chi connectivity index (χ0n) is 9.32. The Balaban J connectivity index is 2.70. The molecule has 0 saturated carbocycles. The molecule has 1 aliphatic heterocycles. The minimum Gasteiger partial charge on any atom is -0.480 e. The fourth-order valence-electron chi connectivity index (χ4n) is 1.53. The normalized spacial score (nSPS) is 21.4. The summed E-state index contributed by atoms with van der Waals surface area (Å²) in [5.41, 5.74) is -1.32. The number of hydrogen-bond acceptors (Lipinski definition) is 3. The van der Waals surface area contributed by atoms with E-state index in [-0.39, 0.29) is 11.9 Å². The van der Waals surface area contributed by atoms with Crippen molar-refractivity contribution in [1.82, 2.24) is 4.90 Å². The van der Waals surface area contributed by atoms with Crippen LogP contribution < -0.4 is 0 Å². The smallest absolute Gasteiger partial charge is 0.318 e. The molecule has 1 fully saturated rings. The third-order valence-electron chi connectivity index (χ3n) is 2.84. The second-order valence-electron chi connectivity index (χ2n) is 4.36. The van der Waals surface area contributed by atoms with Crippen LogP contribution in [0.3, 0.4) is 0 Å². The van der Waals surface area contributed by atoms with Crippen molar-refractivity contribution in [1.29, 1.82) is 0 Å². The Hall–Kier alpha value is -0.710. The molecule has 5 heteroatoms. The first-order chi connectivity index (χ1) is 6.87. The first-order valence-corrected chi connectivity index (χ1v) is 6.11. The fraction of sp³-hybridized carbons (Fsp3) is 0.800. The lowest BCUT2D eigenvalue weighted by Gasteiger charge is -2.30. The van der Waals surface area contributed by atoms with Gasteiger partial charge in [0.2, 0.25) is 5.91 Å².